The number of benzene rings is 3. The predicted molar refractivity (Wildman–Crippen MR) is 117 cm³/mol. The number of phenolic OH excluding ortho intramolecular Hbond substituents is 1. The number of para-hydroxylation sites is 1. The Kier molecular flexibility index (Phi) is 5.84. The quantitative estimate of drug-likeness (QED) is 0.579. The maximum Gasteiger partial charge on any atom is 0.337 e. The van der Waals surface area contributed by atoms with Gasteiger partial charge in [0.05, 0.1) is 12.7 Å². The molecule has 3 aromatic carbocycles. The normalized spacial score (nSPS) is 18.5. The zero-order valence-corrected chi connectivity index (χ0v) is 17.1. The molecule has 0 saturated heterocycles. The number of carbonyl (C=O) groups is 1. The molecule has 2 atom stereocenters. The van der Waals surface area contributed by atoms with Crippen LogP contribution in [0, 0.1) is 0 Å². The molecule has 0 fully saturated rings. The summed E-state index contributed by atoms with van der Waals surface area (Å²) < 4.78 is 4.77. The second-order valence-electron chi connectivity index (χ2n) is 7.08. The number of carbonyl (C=O) groups excluding carboxylic acids is 1. The molecule has 0 unspecified atom stereocenters. The van der Waals surface area contributed by atoms with Gasteiger partial charge in [-0.05, 0) is 41.5 Å². The molecule has 0 amide bonds. The van der Waals surface area contributed by atoms with Crippen molar-refractivity contribution in [3.05, 3.63) is 100 Å². The van der Waals surface area contributed by atoms with Gasteiger partial charge in [-0.2, -0.15) is 0 Å². The van der Waals surface area contributed by atoms with Gasteiger partial charge < -0.3 is 9.84 Å². The van der Waals surface area contributed by atoms with E-state index in [4.69, 9.17) is 21.3 Å². The summed E-state index contributed by atoms with van der Waals surface area (Å²) in [5.41, 5.74) is 4.11. The van der Waals surface area contributed by atoms with Crippen LogP contribution in [0.5, 0.6) is 5.75 Å². The Bertz CT molecular complexity index is 1080. The van der Waals surface area contributed by atoms with Crippen molar-refractivity contribution < 1.29 is 14.6 Å². The first-order valence-electron chi connectivity index (χ1n) is 9.60. The molecule has 0 aliphatic carbocycles. The van der Waals surface area contributed by atoms with E-state index in [9.17, 15) is 9.90 Å². The molecule has 1 aliphatic heterocycles. The number of nitrogens with zero attached hydrogens (tertiary/aromatic N) is 1. The van der Waals surface area contributed by atoms with Crippen LogP contribution in [0.3, 0.4) is 0 Å². The molecule has 0 aromatic heterocycles. The molecule has 2 N–H and O–H groups in total. The summed E-state index contributed by atoms with van der Waals surface area (Å²) in [5.74, 6) is -0.136. The van der Waals surface area contributed by atoms with Gasteiger partial charge in [0.2, 0.25) is 0 Å². The Morgan fingerprint density at radius 3 is 2.43 bits per heavy atom. The number of rotatable bonds is 4. The van der Waals surface area contributed by atoms with Crippen LogP contribution in [0.25, 0.3) is 0 Å². The van der Waals surface area contributed by atoms with Crippen LogP contribution in [-0.4, -0.2) is 23.9 Å². The number of hydrogen-bond acceptors (Lipinski definition) is 5. The number of aliphatic imine (C=N–C) groups is 1. The van der Waals surface area contributed by atoms with Gasteiger partial charge in [0.1, 0.15) is 11.9 Å². The number of aromatic hydroxyl groups is 1. The minimum Gasteiger partial charge on any atom is -0.508 e. The third-order valence-electron chi connectivity index (χ3n) is 5.18. The van der Waals surface area contributed by atoms with Crippen molar-refractivity contribution in [1.29, 1.82) is 0 Å². The maximum absolute atomic E-state index is 11.7. The largest absolute Gasteiger partial charge is 0.508 e. The highest BCUT2D eigenvalue weighted by atomic mass is 35.5. The lowest BCUT2D eigenvalue weighted by atomic mass is 9.93. The summed E-state index contributed by atoms with van der Waals surface area (Å²) in [6, 6.07) is 21.9. The maximum atomic E-state index is 11.7. The van der Waals surface area contributed by atoms with Crippen LogP contribution >= 0.6 is 11.6 Å². The third-order valence-corrected chi connectivity index (χ3v) is 5.43. The number of ether oxygens (including phenoxy) is 1. The Labute approximate surface area is 180 Å². The predicted octanol–water partition coefficient (Wildman–Crippen LogP) is 5.05. The van der Waals surface area contributed by atoms with E-state index in [1.54, 1.807) is 24.3 Å². The topological polar surface area (TPSA) is 70.9 Å². The van der Waals surface area contributed by atoms with Gasteiger partial charge in [-0.3, -0.25) is 10.3 Å². The highest BCUT2D eigenvalue weighted by Gasteiger charge is 2.27. The van der Waals surface area contributed by atoms with Gasteiger partial charge in [-0.25, -0.2) is 4.79 Å². The van der Waals surface area contributed by atoms with Crippen molar-refractivity contribution in [3.63, 3.8) is 0 Å². The number of esters is 1. The van der Waals surface area contributed by atoms with Crippen LogP contribution in [0.1, 0.15) is 45.7 Å². The van der Waals surface area contributed by atoms with Gasteiger partial charge in [-0.1, -0.05) is 54.1 Å². The van der Waals surface area contributed by atoms with E-state index in [1.807, 2.05) is 48.5 Å². The van der Waals surface area contributed by atoms with Crippen LogP contribution in [-0.2, 0) is 4.74 Å². The minimum absolute atomic E-state index is 0.125. The molecule has 6 heteroatoms. The van der Waals surface area contributed by atoms with Crippen molar-refractivity contribution in [1.82, 2.24) is 5.32 Å². The molecule has 0 spiro atoms. The van der Waals surface area contributed by atoms with E-state index < -0.39 is 0 Å². The fraction of sp³-hybridized carbons (Fsp3) is 0.167. The van der Waals surface area contributed by atoms with Gasteiger partial charge in [0.15, 0.2) is 0 Å². The van der Waals surface area contributed by atoms with Crippen LogP contribution < -0.4 is 5.32 Å². The molecule has 0 saturated carbocycles. The van der Waals surface area contributed by atoms with E-state index >= 15 is 0 Å². The van der Waals surface area contributed by atoms with E-state index in [-0.39, 0.29) is 23.9 Å². The number of phenols is 1. The van der Waals surface area contributed by atoms with Crippen LogP contribution in [0.2, 0.25) is 5.02 Å². The summed E-state index contributed by atoms with van der Waals surface area (Å²) in [6.07, 6.45) is 0.288. The zero-order valence-electron chi connectivity index (χ0n) is 16.4. The average molecular weight is 421 g/mol. The SMILES string of the molecule is COC(=O)c1ccc([C@H]2N=C(c3ccc(Cl)cc3)C[C@@H](c3ccccc3O)N2)cc1. The van der Waals surface area contributed by atoms with Gasteiger partial charge in [0, 0.05) is 28.8 Å². The molecular weight excluding hydrogens is 400 g/mol. The van der Waals surface area contributed by atoms with Crippen molar-refractivity contribution in [2.45, 2.75) is 18.6 Å². The molecule has 5 nitrogen and oxygen atoms in total. The van der Waals surface area contributed by atoms with E-state index in [0.29, 0.717) is 17.0 Å². The monoisotopic (exact) mass is 420 g/mol. The Morgan fingerprint density at radius 1 is 1.07 bits per heavy atom. The Hall–Kier alpha value is -3.15. The number of halogens is 1. The number of hydrogen-bond donors (Lipinski definition) is 2. The zero-order chi connectivity index (χ0) is 21.1. The van der Waals surface area contributed by atoms with Gasteiger partial charge in [0.25, 0.3) is 0 Å². The smallest absolute Gasteiger partial charge is 0.337 e. The van der Waals surface area contributed by atoms with Crippen molar-refractivity contribution in [2.24, 2.45) is 4.99 Å². The van der Waals surface area contributed by atoms with E-state index in [2.05, 4.69) is 5.32 Å². The number of methoxy groups -OCH3 is 1. The summed E-state index contributed by atoms with van der Waals surface area (Å²) in [5, 5.41) is 14.6. The molecule has 4 rings (SSSR count). The first-order valence-corrected chi connectivity index (χ1v) is 9.98. The standard InChI is InChI=1S/C24H21ClN2O3/c1-30-24(29)17-8-6-16(7-9-17)23-26-20(15-10-12-18(25)13-11-15)14-21(27-23)19-4-2-3-5-22(19)28/h2-13,21,23,27-28H,14H2,1H3/t21-,23-/m0/s1. The molecule has 3 aromatic rings. The van der Waals surface area contributed by atoms with Crippen molar-refractivity contribution in [3.8, 4) is 5.75 Å². The van der Waals surface area contributed by atoms with Crippen LogP contribution in [0.15, 0.2) is 77.8 Å². The summed E-state index contributed by atoms with van der Waals surface area (Å²) in [4.78, 5) is 16.7. The molecule has 30 heavy (non-hydrogen) atoms. The highest BCUT2D eigenvalue weighted by Crippen LogP contribution is 2.34. The van der Waals surface area contributed by atoms with E-state index in [0.717, 1.165) is 22.4 Å². The highest BCUT2D eigenvalue weighted by molar-refractivity contribution is 6.30. The molecular formula is C24H21ClN2O3. The number of nitrogens with one attached hydrogen (secondary N) is 1. The molecule has 1 aliphatic rings. The fourth-order valence-electron chi connectivity index (χ4n) is 3.60. The Balaban J connectivity index is 1.71. The lowest BCUT2D eigenvalue weighted by Gasteiger charge is -2.31. The molecule has 152 valence electrons. The second kappa shape index (κ2) is 8.69. The Morgan fingerprint density at radius 2 is 1.77 bits per heavy atom. The van der Waals surface area contributed by atoms with Crippen molar-refractivity contribution >= 4 is 23.3 Å². The molecule has 0 bridgehead atoms. The van der Waals surface area contributed by atoms with Crippen LogP contribution in [0.4, 0.5) is 0 Å². The second-order valence-corrected chi connectivity index (χ2v) is 7.52. The lowest BCUT2D eigenvalue weighted by molar-refractivity contribution is 0.0600. The summed E-state index contributed by atoms with van der Waals surface area (Å²) in [7, 11) is 1.36. The van der Waals surface area contributed by atoms with E-state index in [1.165, 1.54) is 7.11 Å². The first kappa shape index (κ1) is 20.1. The fourth-order valence-corrected chi connectivity index (χ4v) is 3.72. The van der Waals surface area contributed by atoms with Crippen molar-refractivity contribution in [2.75, 3.05) is 7.11 Å². The van der Waals surface area contributed by atoms with Gasteiger partial charge >= 0.3 is 5.97 Å². The first-order chi connectivity index (χ1) is 14.5. The lowest BCUT2D eigenvalue weighted by Crippen LogP contribution is -2.33. The summed E-state index contributed by atoms with van der Waals surface area (Å²) >= 11 is 6.05. The molecule has 1 heterocycles. The third kappa shape index (κ3) is 4.22. The molecule has 0 radical (unpaired) electrons. The average Bonchev–Trinajstić information content (AvgIpc) is 2.79. The summed E-state index contributed by atoms with van der Waals surface area (Å²) in [6.45, 7) is 0. The minimum atomic E-state index is -0.379. The van der Waals surface area contributed by atoms with Gasteiger partial charge in [-0.15, -0.1) is 0 Å².